The number of amides is 2. The van der Waals surface area contributed by atoms with Crippen molar-refractivity contribution in [3.05, 3.63) is 0 Å². The minimum absolute atomic E-state index is 0.130. The second-order valence-electron chi connectivity index (χ2n) is 5.74. The first kappa shape index (κ1) is 17.3. The summed E-state index contributed by atoms with van der Waals surface area (Å²) in [5.74, 6) is 0.686. The minimum atomic E-state index is -0.697. The molecule has 1 saturated heterocycles. The third kappa shape index (κ3) is 7.12. The van der Waals surface area contributed by atoms with Crippen LogP contribution in [0.25, 0.3) is 0 Å². The van der Waals surface area contributed by atoms with E-state index in [2.05, 4.69) is 4.90 Å². The normalized spacial score (nSPS) is 17.2. The van der Waals surface area contributed by atoms with Gasteiger partial charge in [-0.25, -0.2) is 0 Å². The van der Waals surface area contributed by atoms with Crippen LogP contribution >= 0.6 is 11.8 Å². The van der Waals surface area contributed by atoms with Gasteiger partial charge in [0.2, 0.25) is 11.8 Å². The van der Waals surface area contributed by atoms with E-state index in [0.29, 0.717) is 31.8 Å². The zero-order valence-corrected chi connectivity index (χ0v) is 13.1. The number of primary amides is 1. The lowest BCUT2D eigenvalue weighted by Crippen LogP contribution is -2.52. The average molecular weight is 303 g/mol. The largest absolute Gasteiger partial charge is 0.389 e. The van der Waals surface area contributed by atoms with Crippen LogP contribution in [0.5, 0.6) is 0 Å². The predicted octanol–water partition coefficient (Wildman–Crippen LogP) is -0.490. The van der Waals surface area contributed by atoms with Gasteiger partial charge in [0.15, 0.2) is 0 Å². The number of rotatable bonds is 7. The maximum absolute atomic E-state index is 12.0. The van der Waals surface area contributed by atoms with Gasteiger partial charge in [0, 0.05) is 44.9 Å². The molecule has 20 heavy (non-hydrogen) atoms. The van der Waals surface area contributed by atoms with Gasteiger partial charge < -0.3 is 15.7 Å². The van der Waals surface area contributed by atoms with Gasteiger partial charge in [-0.05, 0) is 13.8 Å². The molecule has 1 aliphatic heterocycles. The molecule has 0 aromatic carbocycles. The molecule has 6 nitrogen and oxygen atoms in total. The van der Waals surface area contributed by atoms with Crippen molar-refractivity contribution in [3.63, 3.8) is 0 Å². The molecule has 0 spiro atoms. The summed E-state index contributed by atoms with van der Waals surface area (Å²) in [6.07, 6.45) is 0.448. The van der Waals surface area contributed by atoms with Crippen LogP contribution in [0.3, 0.4) is 0 Å². The summed E-state index contributed by atoms with van der Waals surface area (Å²) in [5.41, 5.74) is 4.34. The maximum atomic E-state index is 12.0. The number of aliphatic hydroxyl groups is 1. The highest BCUT2D eigenvalue weighted by atomic mass is 32.2. The zero-order chi connectivity index (χ0) is 15.2. The van der Waals surface area contributed by atoms with Gasteiger partial charge in [0.25, 0.3) is 0 Å². The molecule has 0 radical (unpaired) electrons. The summed E-state index contributed by atoms with van der Waals surface area (Å²) in [5, 5.41) is 9.77. The van der Waals surface area contributed by atoms with Gasteiger partial charge in [0.05, 0.1) is 11.4 Å². The highest BCUT2D eigenvalue weighted by Crippen LogP contribution is 2.10. The van der Waals surface area contributed by atoms with Crippen LogP contribution in [-0.2, 0) is 9.59 Å². The highest BCUT2D eigenvalue weighted by molar-refractivity contribution is 7.99. The summed E-state index contributed by atoms with van der Waals surface area (Å²) in [6.45, 7) is 7.21. The molecular weight excluding hydrogens is 278 g/mol. The summed E-state index contributed by atoms with van der Waals surface area (Å²) in [6, 6.07) is 0. The lowest BCUT2D eigenvalue weighted by molar-refractivity contribution is -0.132. The van der Waals surface area contributed by atoms with Crippen molar-refractivity contribution >= 4 is 23.6 Å². The average Bonchev–Trinajstić information content (AvgIpc) is 2.33. The second kappa shape index (κ2) is 7.85. The van der Waals surface area contributed by atoms with E-state index in [9.17, 15) is 14.7 Å². The van der Waals surface area contributed by atoms with Crippen LogP contribution in [0.4, 0.5) is 0 Å². The first-order valence-corrected chi connectivity index (χ1v) is 8.02. The second-order valence-corrected chi connectivity index (χ2v) is 6.84. The summed E-state index contributed by atoms with van der Waals surface area (Å²) in [7, 11) is 0. The first-order chi connectivity index (χ1) is 9.28. The summed E-state index contributed by atoms with van der Waals surface area (Å²) < 4.78 is 0. The van der Waals surface area contributed by atoms with Crippen molar-refractivity contribution in [1.29, 1.82) is 0 Å². The van der Waals surface area contributed by atoms with Gasteiger partial charge in [-0.3, -0.25) is 14.5 Å². The van der Waals surface area contributed by atoms with Crippen molar-refractivity contribution in [2.45, 2.75) is 25.9 Å². The monoisotopic (exact) mass is 303 g/mol. The molecule has 0 aliphatic carbocycles. The maximum Gasteiger partial charge on any atom is 0.227 e. The summed E-state index contributed by atoms with van der Waals surface area (Å²) in [4.78, 5) is 26.6. The molecule has 0 aromatic rings. The Hall–Kier alpha value is -0.790. The van der Waals surface area contributed by atoms with Crippen LogP contribution in [0, 0.1) is 0 Å². The molecule has 1 heterocycles. The molecule has 0 aromatic heterocycles. The molecule has 0 unspecified atom stereocenters. The Morgan fingerprint density at radius 1 is 1.25 bits per heavy atom. The van der Waals surface area contributed by atoms with Crippen molar-refractivity contribution < 1.29 is 14.7 Å². The van der Waals surface area contributed by atoms with Gasteiger partial charge >= 0.3 is 0 Å². The standard InChI is InChI=1S/C13H25N3O3S/c1-13(2,19)10-15-4-6-16(7-5-15)12(18)3-8-20-9-11(14)17/h19H,3-10H2,1-2H3,(H2,14,17). The van der Waals surface area contributed by atoms with E-state index in [1.807, 2.05) is 4.90 Å². The fourth-order valence-corrected chi connectivity index (χ4v) is 2.86. The van der Waals surface area contributed by atoms with E-state index < -0.39 is 5.60 Å². The van der Waals surface area contributed by atoms with E-state index in [4.69, 9.17) is 5.73 Å². The molecule has 1 fully saturated rings. The molecule has 7 heteroatoms. The Bertz CT molecular complexity index is 336. The van der Waals surface area contributed by atoms with Gasteiger partial charge in [0.1, 0.15) is 0 Å². The number of carbonyl (C=O) groups excluding carboxylic acids is 2. The third-order valence-corrected chi connectivity index (χ3v) is 4.02. The number of piperazine rings is 1. The first-order valence-electron chi connectivity index (χ1n) is 6.86. The van der Waals surface area contributed by atoms with Crippen molar-refractivity contribution in [2.75, 3.05) is 44.2 Å². The van der Waals surface area contributed by atoms with Crippen LogP contribution < -0.4 is 5.73 Å². The van der Waals surface area contributed by atoms with Crippen molar-refractivity contribution in [1.82, 2.24) is 9.80 Å². The molecule has 0 atom stereocenters. The van der Waals surface area contributed by atoms with Crippen molar-refractivity contribution in [3.8, 4) is 0 Å². The van der Waals surface area contributed by atoms with Crippen LogP contribution in [0.2, 0.25) is 0 Å². The van der Waals surface area contributed by atoms with Crippen LogP contribution in [-0.4, -0.2) is 76.6 Å². The Morgan fingerprint density at radius 2 is 1.85 bits per heavy atom. The number of hydrogen-bond donors (Lipinski definition) is 2. The molecule has 116 valence electrons. The van der Waals surface area contributed by atoms with E-state index in [0.717, 1.165) is 13.1 Å². The number of nitrogens with zero attached hydrogens (tertiary/aromatic N) is 2. The molecule has 1 aliphatic rings. The minimum Gasteiger partial charge on any atom is -0.389 e. The van der Waals surface area contributed by atoms with Gasteiger partial charge in [-0.1, -0.05) is 0 Å². The molecule has 0 bridgehead atoms. The quantitative estimate of drug-likeness (QED) is 0.620. The van der Waals surface area contributed by atoms with E-state index >= 15 is 0 Å². The van der Waals surface area contributed by atoms with Crippen molar-refractivity contribution in [2.24, 2.45) is 5.73 Å². The Kier molecular flexibility index (Phi) is 6.78. The molecule has 0 saturated carbocycles. The molecule has 1 rings (SSSR count). The SMILES string of the molecule is CC(C)(O)CN1CCN(C(=O)CCSCC(N)=O)CC1. The zero-order valence-electron chi connectivity index (χ0n) is 12.3. The number of hydrogen-bond acceptors (Lipinski definition) is 5. The highest BCUT2D eigenvalue weighted by Gasteiger charge is 2.24. The number of carbonyl (C=O) groups is 2. The lowest BCUT2D eigenvalue weighted by Gasteiger charge is -2.37. The third-order valence-electron chi connectivity index (χ3n) is 3.04. The number of β-amino-alcohol motifs (C(OH)–C–C–N with tert-alkyl or cyclic N) is 1. The van der Waals surface area contributed by atoms with Crippen LogP contribution in [0.15, 0.2) is 0 Å². The van der Waals surface area contributed by atoms with E-state index in [1.54, 1.807) is 13.8 Å². The molecule has 3 N–H and O–H groups in total. The number of thioether (sulfide) groups is 1. The van der Waals surface area contributed by atoms with Gasteiger partial charge in [-0.2, -0.15) is 11.8 Å². The Morgan fingerprint density at radius 3 is 2.35 bits per heavy atom. The Labute approximate surface area is 124 Å². The fourth-order valence-electron chi connectivity index (χ4n) is 2.19. The number of nitrogens with two attached hydrogens (primary N) is 1. The molecular formula is C13H25N3O3S. The smallest absolute Gasteiger partial charge is 0.227 e. The van der Waals surface area contributed by atoms with E-state index in [1.165, 1.54) is 11.8 Å². The summed E-state index contributed by atoms with van der Waals surface area (Å²) >= 11 is 1.40. The Balaban J connectivity index is 2.20. The van der Waals surface area contributed by atoms with E-state index in [-0.39, 0.29) is 17.6 Å². The van der Waals surface area contributed by atoms with Gasteiger partial charge in [-0.15, -0.1) is 0 Å². The van der Waals surface area contributed by atoms with Crippen LogP contribution in [0.1, 0.15) is 20.3 Å². The molecule has 2 amide bonds. The topological polar surface area (TPSA) is 86.9 Å². The fraction of sp³-hybridized carbons (Fsp3) is 0.846. The predicted molar refractivity (Wildman–Crippen MR) is 80.5 cm³/mol. The lowest BCUT2D eigenvalue weighted by atomic mass is 10.1.